The van der Waals surface area contributed by atoms with Gasteiger partial charge in [-0.05, 0) is 25.5 Å². The number of amides is 1. The first-order valence-electron chi connectivity index (χ1n) is 7.95. The molecule has 0 fully saturated rings. The number of pyridine rings is 1. The summed E-state index contributed by atoms with van der Waals surface area (Å²) in [6.45, 7) is 4.01. The predicted octanol–water partition coefficient (Wildman–Crippen LogP) is 3.14. The molecule has 3 aromatic rings. The number of H-pyrrole nitrogens is 1. The molecule has 122 valence electrons. The molecular weight excluding hydrogens is 300 g/mol. The molecular formula is C19H20N4O. The highest BCUT2D eigenvalue weighted by Crippen LogP contribution is 2.20. The SMILES string of the molecule is Cc1cccnc1CC(C)NC(=O)c1cn[nH]c1-c1ccccc1. The summed E-state index contributed by atoms with van der Waals surface area (Å²) in [7, 11) is 0. The summed E-state index contributed by atoms with van der Waals surface area (Å²) in [5.41, 5.74) is 4.35. The molecule has 3 rings (SSSR count). The quantitative estimate of drug-likeness (QED) is 0.758. The molecule has 5 nitrogen and oxygen atoms in total. The van der Waals surface area contributed by atoms with Crippen molar-refractivity contribution in [1.82, 2.24) is 20.5 Å². The Hall–Kier alpha value is -2.95. The van der Waals surface area contributed by atoms with Crippen LogP contribution in [0, 0.1) is 6.92 Å². The monoisotopic (exact) mass is 320 g/mol. The van der Waals surface area contributed by atoms with Crippen molar-refractivity contribution in [3.63, 3.8) is 0 Å². The van der Waals surface area contributed by atoms with Gasteiger partial charge in [-0.3, -0.25) is 14.9 Å². The Kier molecular flexibility index (Phi) is 4.70. The van der Waals surface area contributed by atoms with E-state index in [4.69, 9.17) is 0 Å². The number of hydrogen-bond donors (Lipinski definition) is 2. The average Bonchev–Trinajstić information content (AvgIpc) is 3.07. The molecule has 0 saturated heterocycles. The van der Waals surface area contributed by atoms with E-state index in [0.717, 1.165) is 22.5 Å². The van der Waals surface area contributed by atoms with E-state index in [1.54, 1.807) is 12.4 Å². The number of benzene rings is 1. The lowest BCUT2D eigenvalue weighted by Gasteiger charge is -2.14. The fourth-order valence-electron chi connectivity index (χ4n) is 2.66. The Morgan fingerprint density at radius 1 is 1.21 bits per heavy atom. The smallest absolute Gasteiger partial charge is 0.255 e. The normalized spacial score (nSPS) is 11.9. The molecule has 0 radical (unpaired) electrons. The third-order valence-electron chi connectivity index (χ3n) is 3.94. The lowest BCUT2D eigenvalue weighted by atomic mass is 10.1. The molecule has 1 amide bonds. The Morgan fingerprint density at radius 3 is 2.75 bits per heavy atom. The Labute approximate surface area is 141 Å². The summed E-state index contributed by atoms with van der Waals surface area (Å²) in [6, 6.07) is 13.6. The van der Waals surface area contributed by atoms with Crippen LogP contribution in [0.2, 0.25) is 0 Å². The number of nitrogens with zero attached hydrogens (tertiary/aromatic N) is 2. The van der Waals surface area contributed by atoms with E-state index < -0.39 is 0 Å². The topological polar surface area (TPSA) is 70.7 Å². The van der Waals surface area contributed by atoms with Crippen molar-refractivity contribution in [2.45, 2.75) is 26.3 Å². The third kappa shape index (κ3) is 3.51. The molecule has 0 aliphatic carbocycles. The molecule has 2 heterocycles. The molecule has 24 heavy (non-hydrogen) atoms. The van der Waals surface area contributed by atoms with Gasteiger partial charge in [-0.25, -0.2) is 0 Å². The first-order chi connectivity index (χ1) is 11.6. The number of nitrogens with one attached hydrogen (secondary N) is 2. The molecule has 0 spiro atoms. The van der Waals surface area contributed by atoms with Crippen molar-refractivity contribution >= 4 is 5.91 Å². The minimum absolute atomic E-state index is 0.0235. The van der Waals surface area contributed by atoms with Crippen molar-refractivity contribution in [2.75, 3.05) is 0 Å². The maximum atomic E-state index is 12.6. The molecule has 0 aliphatic rings. The van der Waals surface area contributed by atoms with Gasteiger partial charge < -0.3 is 5.32 Å². The number of aryl methyl sites for hydroxylation is 1. The zero-order valence-corrected chi connectivity index (χ0v) is 13.8. The van der Waals surface area contributed by atoms with E-state index in [2.05, 4.69) is 20.5 Å². The molecule has 2 N–H and O–H groups in total. The second-order valence-electron chi connectivity index (χ2n) is 5.87. The highest BCUT2D eigenvalue weighted by molar-refractivity contribution is 5.99. The van der Waals surface area contributed by atoms with Crippen LogP contribution in [-0.2, 0) is 6.42 Å². The number of carbonyl (C=O) groups is 1. The van der Waals surface area contributed by atoms with Gasteiger partial charge in [0, 0.05) is 29.9 Å². The number of aromatic nitrogens is 3. The Morgan fingerprint density at radius 2 is 2.00 bits per heavy atom. The van der Waals surface area contributed by atoms with Gasteiger partial charge in [-0.15, -0.1) is 0 Å². The molecule has 0 aliphatic heterocycles. The van der Waals surface area contributed by atoms with Gasteiger partial charge in [0.2, 0.25) is 0 Å². The van der Waals surface area contributed by atoms with E-state index in [9.17, 15) is 4.79 Å². The third-order valence-corrected chi connectivity index (χ3v) is 3.94. The predicted molar refractivity (Wildman–Crippen MR) is 93.6 cm³/mol. The number of hydrogen-bond acceptors (Lipinski definition) is 3. The molecule has 1 atom stereocenters. The minimum Gasteiger partial charge on any atom is -0.349 e. The van der Waals surface area contributed by atoms with Crippen LogP contribution in [0.25, 0.3) is 11.3 Å². The summed E-state index contributed by atoms with van der Waals surface area (Å²) in [5, 5.41) is 9.97. The van der Waals surface area contributed by atoms with Crippen LogP contribution >= 0.6 is 0 Å². The highest BCUT2D eigenvalue weighted by Gasteiger charge is 2.17. The maximum Gasteiger partial charge on any atom is 0.255 e. The lowest BCUT2D eigenvalue weighted by molar-refractivity contribution is 0.0940. The molecule has 1 aromatic carbocycles. The summed E-state index contributed by atoms with van der Waals surface area (Å²) in [5.74, 6) is -0.135. The van der Waals surface area contributed by atoms with Gasteiger partial charge in [0.1, 0.15) is 0 Å². The largest absolute Gasteiger partial charge is 0.349 e. The Balaban J connectivity index is 1.72. The average molecular weight is 320 g/mol. The van der Waals surface area contributed by atoms with Gasteiger partial charge in [0.05, 0.1) is 17.5 Å². The van der Waals surface area contributed by atoms with Crippen LogP contribution < -0.4 is 5.32 Å². The van der Waals surface area contributed by atoms with E-state index in [1.807, 2.05) is 56.3 Å². The second kappa shape index (κ2) is 7.08. The number of carbonyl (C=O) groups excluding carboxylic acids is 1. The molecule has 1 unspecified atom stereocenters. The fraction of sp³-hybridized carbons (Fsp3) is 0.211. The van der Waals surface area contributed by atoms with Gasteiger partial charge in [0.15, 0.2) is 0 Å². The molecule has 0 bridgehead atoms. The highest BCUT2D eigenvalue weighted by atomic mass is 16.1. The van der Waals surface area contributed by atoms with Crippen LogP contribution in [0.15, 0.2) is 54.9 Å². The van der Waals surface area contributed by atoms with Crippen molar-refractivity contribution in [3.05, 3.63) is 71.7 Å². The first kappa shape index (κ1) is 15.9. The summed E-state index contributed by atoms with van der Waals surface area (Å²) in [4.78, 5) is 17.0. The van der Waals surface area contributed by atoms with E-state index in [0.29, 0.717) is 12.0 Å². The minimum atomic E-state index is -0.135. The van der Waals surface area contributed by atoms with Crippen LogP contribution in [0.1, 0.15) is 28.5 Å². The van der Waals surface area contributed by atoms with Crippen LogP contribution in [0.4, 0.5) is 0 Å². The fourth-order valence-corrected chi connectivity index (χ4v) is 2.66. The van der Waals surface area contributed by atoms with E-state index in [-0.39, 0.29) is 11.9 Å². The second-order valence-corrected chi connectivity index (χ2v) is 5.87. The van der Waals surface area contributed by atoms with Crippen LogP contribution in [-0.4, -0.2) is 27.1 Å². The number of rotatable bonds is 5. The molecule has 0 saturated carbocycles. The van der Waals surface area contributed by atoms with Gasteiger partial charge in [0.25, 0.3) is 5.91 Å². The summed E-state index contributed by atoms with van der Waals surface area (Å²) in [6.07, 6.45) is 4.04. The van der Waals surface area contributed by atoms with Crippen LogP contribution in [0.5, 0.6) is 0 Å². The van der Waals surface area contributed by atoms with Gasteiger partial charge in [-0.2, -0.15) is 5.10 Å². The summed E-state index contributed by atoms with van der Waals surface area (Å²) < 4.78 is 0. The van der Waals surface area contributed by atoms with E-state index in [1.165, 1.54) is 0 Å². The van der Waals surface area contributed by atoms with Crippen molar-refractivity contribution in [3.8, 4) is 11.3 Å². The zero-order valence-electron chi connectivity index (χ0n) is 13.8. The maximum absolute atomic E-state index is 12.6. The van der Waals surface area contributed by atoms with E-state index >= 15 is 0 Å². The van der Waals surface area contributed by atoms with Crippen molar-refractivity contribution < 1.29 is 4.79 Å². The van der Waals surface area contributed by atoms with Crippen LogP contribution in [0.3, 0.4) is 0 Å². The molecule has 5 heteroatoms. The molecule has 2 aromatic heterocycles. The number of aromatic amines is 1. The Bertz CT molecular complexity index is 826. The standard InChI is InChI=1S/C19H20N4O/c1-13-7-6-10-20-17(13)11-14(2)22-19(24)16-12-21-23-18(16)15-8-4-3-5-9-15/h3-10,12,14H,11H2,1-2H3,(H,21,23)(H,22,24). The summed E-state index contributed by atoms with van der Waals surface area (Å²) >= 11 is 0. The van der Waals surface area contributed by atoms with Gasteiger partial charge in [-0.1, -0.05) is 36.4 Å². The van der Waals surface area contributed by atoms with Gasteiger partial charge >= 0.3 is 0 Å². The zero-order chi connectivity index (χ0) is 16.9. The first-order valence-corrected chi connectivity index (χ1v) is 7.95. The van der Waals surface area contributed by atoms with Crippen molar-refractivity contribution in [1.29, 1.82) is 0 Å². The van der Waals surface area contributed by atoms with Crippen molar-refractivity contribution in [2.24, 2.45) is 0 Å². The lowest BCUT2D eigenvalue weighted by Crippen LogP contribution is -2.34.